The van der Waals surface area contributed by atoms with E-state index in [1.807, 2.05) is 36.4 Å². The first kappa shape index (κ1) is 13.0. The first-order valence-electron chi connectivity index (χ1n) is 6.00. The fourth-order valence-corrected chi connectivity index (χ4v) is 2.07. The van der Waals surface area contributed by atoms with Crippen LogP contribution in [0.25, 0.3) is 0 Å². The molecule has 1 heterocycles. The fourth-order valence-electron chi connectivity index (χ4n) is 1.95. The molecule has 0 aromatic heterocycles. The number of ether oxygens (including phenoxy) is 1. The van der Waals surface area contributed by atoms with Gasteiger partial charge >= 0.3 is 0 Å². The van der Waals surface area contributed by atoms with Crippen LogP contribution in [0.1, 0.15) is 5.56 Å². The number of fused-ring (bicyclic) bond motifs is 1. The number of para-hydroxylation sites is 1. The molecule has 0 spiro atoms. The SMILES string of the molecule is O=C(NC/C=C/CCl)C1COc2ccccc2C1. The Bertz CT molecular complexity index is 445. The molecule has 1 N–H and O–H groups in total. The monoisotopic (exact) mass is 265 g/mol. The number of carbonyl (C=O) groups excluding carboxylic acids is 1. The van der Waals surface area contributed by atoms with Crippen molar-refractivity contribution in [2.24, 2.45) is 5.92 Å². The quantitative estimate of drug-likeness (QED) is 0.669. The average Bonchev–Trinajstić information content (AvgIpc) is 2.43. The molecule has 0 saturated carbocycles. The first-order chi connectivity index (χ1) is 8.81. The number of rotatable bonds is 4. The van der Waals surface area contributed by atoms with E-state index in [4.69, 9.17) is 16.3 Å². The Labute approximate surface area is 112 Å². The van der Waals surface area contributed by atoms with Crippen LogP contribution in [0.2, 0.25) is 0 Å². The lowest BCUT2D eigenvalue weighted by Crippen LogP contribution is -2.37. The molecule has 1 atom stereocenters. The summed E-state index contributed by atoms with van der Waals surface area (Å²) >= 11 is 5.50. The van der Waals surface area contributed by atoms with Crippen molar-refractivity contribution in [3.05, 3.63) is 42.0 Å². The Morgan fingerprint density at radius 1 is 1.44 bits per heavy atom. The van der Waals surface area contributed by atoms with Gasteiger partial charge in [0, 0.05) is 12.4 Å². The topological polar surface area (TPSA) is 38.3 Å². The van der Waals surface area contributed by atoms with E-state index in [0.717, 1.165) is 17.7 Å². The van der Waals surface area contributed by atoms with E-state index in [1.54, 1.807) is 0 Å². The molecule has 3 nitrogen and oxygen atoms in total. The van der Waals surface area contributed by atoms with E-state index < -0.39 is 0 Å². The summed E-state index contributed by atoms with van der Waals surface area (Å²) in [4.78, 5) is 11.9. The molecule has 0 bridgehead atoms. The third-order valence-corrected chi connectivity index (χ3v) is 3.08. The van der Waals surface area contributed by atoms with Crippen LogP contribution in [0.5, 0.6) is 5.75 Å². The van der Waals surface area contributed by atoms with E-state index in [0.29, 0.717) is 19.0 Å². The molecule has 0 radical (unpaired) electrons. The van der Waals surface area contributed by atoms with Crippen LogP contribution < -0.4 is 10.1 Å². The standard InChI is InChI=1S/C14H16ClNO2/c15-7-3-4-8-16-14(17)12-9-11-5-1-2-6-13(11)18-10-12/h1-6,12H,7-10H2,(H,16,17)/b4-3+. The molecule has 1 aromatic carbocycles. The van der Waals surface area contributed by atoms with Crippen LogP contribution in [0, 0.1) is 5.92 Å². The minimum Gasteiger partial charge on any atom is -0.492 e. The highest BCUT2D eigenvalue weighted by atomic mass is 35.5. The summed E-state index contributed by atoms with van der Waals surface area (Å²) in [6.07, 6.45) is 4.40. The molecule has 1 amide bonds. The Hall–Kier alpha value is -1.48. The number of amides is 1. The lowest BCUT2D eigenvalue weighted by Gasteiger charge is -2.24. The maximum atomic E-state index is 11.9. The third-order valence-electron chi connectivity index (χ3n) is 2.90. The largest absolute Gasteiger partial charge is 0.492 e. The number of benzene rings is 1. The minimum atomic E-state index is -0.107. The van der Waals surface area contributed by atoms with E-state index in [-0.39, 0.29) is 11.8 Å². The van der Waals surface area contributed by atoms with Crippen molar-refractivity contribution >= 4 is 17.5 Å². The van der Waals surface area contributed by atoms with Crippen molar-refractivity contribution in [2.75, 3.05) is 19.0 Å². The van der Waals surface area contributed by atoms with Gasteiger partial charge in [0.1, 0.15) is 12.4 Å². The third kappa shape index (κ3) is 3.26. The van der Waals surface area contributed by atoms with Crippen molar-refractivity contribution in [2.45, 2.75) is 6.42 Å². The van der Waals surface area contributed by atoms with Crippen molar-refractivity contribution in [3.63, 3.8) is 0 Å². The predicted octanol–water partition coefficient (Wildman–Crippen LogP) is 2.15. The molecule has 2 rings (SSSR count). The highest BCUT2D eigenvalue weighted by molar-refractivity contribution is 6.18. The second kappa shape index (κ2) is 6.45. The van der Waals surface area contributed by atoms with E-state index in [9.17, 15) is 4.79 Å². The maximum Gasteiger partial charge on any atom is 0.227 e. The molecule has 0 saturated heterocycles. The Kier molecular flexibility index (Phi) is 4.65. The number of hydrogen-bond donors (Lipinski definition) is 1. The summed E-state index contributed by atoms with van der Waals surface area (Å²) in [5.74, 6) is 1.28. The van der Waals surface area contributed by atoms with Crippen molar-refractivity contribution in [3.8, 4) is 5.75 Å². The van der Waals surface area contributed by atoms with Crippen molar-refractivity contribution < 1.29 is 9.53 Å². The van der Waals surface area contributed by atoms with E-state index in [1.165, 1.54) is 0 Å². The Balaban J connectivity index is 1.88. The second-order valence-electron chi connectivity index (χ2n) is 4.19. The van der Waals surface area contributed by atoms with Crippen molar-refractivity contribution in [1.82, 2.24) is 5.32 Å². The molecule has 4 heteroatoms. The van der Waals surface area contributed by atoms with Gasteiger partial charge in [-0.15, -0.1) is 11.6 Å². The van der Waals surface area contributed by atoms with Crippen LogP contribution in [0.15, 0.2) is 36.4 Å². The molecule has 1 unspecified atom stereocenters. The molecule has 0 aliphatic carbocycles. The lowest BCUT2D eigenvalue weighted by molar-refractivity contribution is -0.126. The minimum absolute atomic E-state index is 0.0312. The number of nitrogens with one attached hydrogen (secondary N) is 1. The summed E-state index contributed by atoms with van der Waals surface area (Å²) in [6, 6.07) is 7.84. The number of alkyl halides is 1. The van der Waals surface area contributed by atoms with Crippen LogP contribution >= 0.6 is 11.6 Å². The first-order valence-corrected chi connectivity index (χ1v) is 6.54. The maximum absolute atomic E-state index is 11.9. The molecule has 1 aliphatic rings. The van der Waals surface area contributed by atoms with Crippen molar-refractivity contribution in [1.29, 1.82) is 0 Å². The Morgan fingerprint density at radius 3 is 3.11 bits per heavy atom. The van der Waals surface area contributed by atoms with Gasteiger partial charge in [-0.05, 0) is 18.1 Å². The van der Waals surface area contributed by atoms with Gasteiger partial charge in [-0.1, -0.05) is 30.4 Å². The molecular weight excluding hydrogens is 250 g/mol. The number of allylic oxidation sites excluding steroid dienone is 1. The van der Waals surface area contributed by atoms with Gasteiger partial charge in [-0.25, -0.2) is 0 Å². The smallest absolute Gasteiger partial charge is 0.227 e. The molecule has 0 fully saturated rings. The van der Waals surface area contributed by atoms with Crippen LogP contribution in [-0.2, 0) is 11.2 Å². The van der Waals surface area contributed by atoms with Gasteiger partial charge in [-0.3, -0.25) is 4.79 Å². The number of carbonyl (C=O) groups is 1. The van der Waals surface area contributed by atoms with E-state index in [2.05, 4.69) is 5.32 Å². The number of hydrogen-bond acceptors (Lipinski definition) is 2. The molecule has 1 aliphatic heterocycles. The highest BCUT2D eigenvalue weighted by Crippen LogP contribution is 2.26. The van der Waals surface area contributed by atoms with Crippen LogP contribution in [0.4, 0.5) is 0 Å². The van der Waals surface area contributed by atoms with Crippen LogP contribution in [-0.4, -0.2) is 24.9 Å². The van der Waals surface area contributed by atoms with Gasteiger partial charge < -0.3 is 10.1 Å². The Morgan fingerprint density at radius 2 is 2.28 bits per heavy atom. The summed E-state index contributed by atoms with van der Waals surface area (Å²) in [5, 5.41) is 2.85. The van der Waals surface area contributed by atoms with Gasteiger partial charge in [-0.2, -0.15) is 0 Å². The van der Waals surface area contributed by atoms with Gasteiger partial charge in [0.2, 0.25) is 5.91 Å². The van der Waals surface area contributed by atoms with Gasteiger partial charge in [0.15, 0.2) is 0 Å². The zero-order valence-electron chi connectivity index (χ0n) is 10.1. The molecule has 96 valence electrons. The molecule has 1 aromatic rings. The zero-order chi connectivity index (χ0) is 12.8. The molecular formula is C14H16ClNO2. The number of halogens is 1. The summed E-state index contributed by atoms with van der Waals surface area (Å²) in [7, 11) is 0. The van der Waals surface area contributed by atoms with Gasteiger partial charge in [0.25, 0.3) is 0 Å². The summed E-state index contributed by atoms with van der Waals surface area (Å²) in [5.41, 5.74) is 1.10. The highest BCUT2D eigenvalue weighted by Gasteiger charge is 2.25. The zero-order valence-corrected chi connectivity index (χ0v) is 10.8. The van der Waals surface area contributed by atoms with E-state index >= 15 is 0 Å². The average molecular weight is 266 g/mol. The lowest BCUT2D eigenvalue weighted by atomic mass is 9.96. The fraction of sp³-hybridized carbons (Fsp3) is 0.357. The summed E-state index contributed by atoms with van der Waals surface area (Å²) in [6.45, 7) is 0.964. The normalized spacial score (nSPS) is 18.2. The molecule has 18 heavy (non-hydrogen) atoms. The summed E-state index contributed by atoms with van der Waals surface area (Å²) < 4.78 is 5.58. The second-order valence-corrected chi connectivity index (χ2v) is 4.50. The van der Waals surface area contributed by atoms with Gasteiger partial charge in [0.05, 0.1) is 5.92 Å². The van der Waals surface area contributed by atoms with Crippen LogP contribution in [0.3, 0.4) is 0 Å². The predicted molar refractivity (Wildman–Crippen MR) is 72.0 cm³/mol.